The van der Waals surface area contributed by atoms with Crippen molar-refractivity contribution < 1.29 is 0 Å². The first-order valence-corrected chi connectivity index (χ1v) is 6.80. The standard InChI is InChI=1S/C13H19N5S/c1-17(2)9-5-6-10-18-12(15-16-13(18)19)11-7-3-4-8-14-11/h3-4,7-8H,5-6,9-10H2,1-2H3,(H,16,19). The maximum atomic E-state index is 5.28. The number of aromatic nitrogens is 4. The van der Waals surface area contributed by atoms with E-state index in [1.807, 2.05) is 22.8 Å². The summed E-state index contributed by atoms with van der Waals surface area (Å²) in [4.78, 5) is 6.51. The number of nitrogens with zero attached hydrogens (tertiary/aromatic N) is 4. The largest absolute Gasteiger partial charge is 0.309 e. The third-order valence-corrected chi connectivity index (χ3v) is 3.20. The van der Waals surface area contributed by atoms with E-state index < -0.39 is 0 Å². The molecule has 0 radical (unpaired) electrons. The molecule has 2 heterocycles. The molecule has 0 aliphatic heterocycles. The molecule has 2 rings (SSSR count). The van der Waals surface area contributed by atoms with E-state index in [0.29, 0.717) is 4.77 Å². The van der Waals surface area contributed by atoms with Crippen molar-refractivity contribution in [2.75, 3.05) is 20.6 Å². The number of hydrogen-bond donors (Lipinski definition) is 1. The van der Waals surface area contributed by atoms with Crippen LogP contribution in [0.15, 0.2) is 24.4 Å². The summed E-state index contributed by atoms with van der Waals surface area (Å²) in [5.74, 6) is 0.815. The lowest BCUT2D eigenvalue weighted by Crippen LogP contribution is -2.13. The highest BCUT2D eigenvalue weighted by atomic mass is 32.1. The normalized spacial score (nSPS) is 11.1. The Morgan fingerprint density at radius 2 is 2.16 bits per heavy atom. The maximum Gasteiger partial charge on any atom is 0.195 e. The van der Waals surface area contributed by atoms with E-state index in [1.165, 1.54) is 0 Å². The van der Waals surface area contributed by atoms with Crippen LogP contribution in [-0.4, -0.2) is 45.3 Å². The van der Waals surface area contributed by atoms with E-state index in [0.717, 1.165) is 37.4 Å². The molecule has 5 nitrogen and oxygen atoms in total. The quantitative estimate of drug-likeness (QED) is 0.650. The van der Waals surface area contributed by atoms with Gasteiger partial charge in [0.05, 0.1) is 0 Å². The van der Waals surface area contributed by atoms with Crippen molar-refractivity contribution in [3.05, 3.63) is 29.2 Å². The van der Waals surface area contributed by atoms with Crippen molar-refractivity contribution in [1.29, 1.82) is 0 Å². The zero-order chi connectivity index (χ0) is 13.7. The van der Waals surface area contributed by atoms with E-state index in [9.17, 15) is 0 Å². The first-order chi connectivity index (χ1) is 9.18. The van der Waals surface area contributed by atoms with Crippen LogP contribution in [0, 0.1) is 4.77 Å². The molecule has 0 spiro atoms. The molecule has 6 heteroatoms. The molecule has 0 aliphatic rings. The van der Waals surface area contributed by atoms with E-state index in [2.05, 4.69) is 34.2 Å². The lowest BCUT2D eigenvalue weighted by molar-refractivity contribution is 0.387. The lowest BCUT2D eigenvalue weighted by Gasteiger charge is -2.10. The molecule has 0 atom stereocenters. The van der Waals surface area contributed by atoms with Gasteiger partial charge < -0.3 is 4.90 Å². The van der Waals surface area contributed by atoms with Gasteiger partial charge in [0.15, 0.2) is 10.6 Å². The molecule has 0 saturated carbocycles. The molecule has 0 bridgehead atoms. The molecule has 0 aromatic carbocycles. The molecule has 19 heavy (non-hydrogen) atoms. The first-order valence-electron chi connectivity index (χ1n) is 6.40. The van der Waals surface area contributed by atoms with Crippen molar-refractivity contribution in [3.8, 4) is 11.5 Å². The second kappa shape index (κ2) is 6.58. The van der Waals surface area contributed by atoms with Crippen LogP contribution in [0.2, 0.25) is 0 Å². The highest BCUT2D eigenvalue weighted by Crippen LogP contribution is 2.14. The second-order valence-electron chi connectivity index (χ2n) is 4.73. The summed E-state index contributed by atoms with van der Waals surface area (Å²) < 4.78 is 2.68. The van der Waals surface area contributed by atoms with Gasteiger partial charge in [-0.1, -0.05) is 6.07 Å². The van der Waals surface area contributed by atoms with Crippen LogP contribution in [0.4, 0.5) is 0 Å². The van der Waals surface area contributed by atoms with Gasteiger partial charge in [-0.2, -0.15) is 5.10 Å². The molecule has 0 amide bonds. The summed E-state index contributed by atoms with van der Waals surface area (Å²) in [7, 11) is 4.17. The highest BCUT2D eigenvalue weighted by Gasteiger charge is 2.09. The molecule has 0 aliphatic carbocycles. The van der Waals surface area contributed by atoms with E-state index in [4.69, 9.17) is 12.2 Å². The number of nitrogens with one attached hydrogen (secondary N) is 1. The van der Waals surface area contributed by atoms with Crippen LogP contribution >= 0.6 is 12.2 Å². The van der Waals surface area contributed by atoms with Crippen LogP contribution in [0.25, 0.3) is 11.5 Å². The Balaban J connectivity index is 2.08. The summed E-state index contributed by atoms with van der Waals surface area (Å²) >= 11 is 5.28. The Morgan fingerprint density at radius 3 is 2.84 bits per heavy atom. The minimum Gasteiger partial charge on any atom is -0.309 e. The summed E-state index contributed by atoms with van der Waals surface area (Å²) in [6, 6.07) is 5.80. The summed E-state index contributed by atoms with van der Waals surface area (Å²) in [6.45, 7) is 1.96. The van der Waals surface area contributed by atoms with E-state index in [1.54, 1.807) is 6.20 Å². The fourth-order valence-corrected chi connectivity index (χ4v) is 2.14. The monoisotopic (exact) mass is 277 g/mol. The van der Waals surface area contributed by atoms with Gasteiger partial charge in [0.2, 0.25) is 0 Å². The van der Waals surface area contributed by atoms with Gasteiger partial charge in [0, 0.05) is 12.7 Å². The Bertz CT molecular complexity index is 558. The third kappa shape index (κ3) is 3.71. The van der Waals surface area contributed by atoms with Crippen molar-refractivity contribution in [2.24, 2.45) is 0 Å². The number of pyridine rings is 1. The molecule has 2 aromatic heterocycles. The van der Waals surface area contributed by atoms with Gasteiger partial charge in [-0.05, 0) is 57.8 Å². The Morgan fingerprint density at radius 1 is 1.32 bits per heavy atom. The van der Waals surface area contributed by atoms with Crippen LogP contribution in [0.3, 0.4) is 0 Å². The average molecular weight is 277 g/mol. The smallest absolute Gasteiger partial charge is 0.195 e. The number of unbranched alkanes of at least 4 members (excludes halogenated alkanes) is 1. The van der Waals surface area contributed by atoms with Gasteiger partial charge >= 0.3 is 0 Å². The average Bonchev–Trinajstić information content (AvgIpc) is 2.77. The molecular weight excluding hydrogens is 258 g/mol. The summed E-state index contributed by atoms with van der Waals surface area (Å²) in [5.41, 5.74) is 0.849. The number of H-pyrrole nitrogens is 1. The zero-order valence-electron chi connectivity index (χ0n) is 11.3. The second-order valence-corrected chi connectivity index (χ2v) is 5.12. The SMILES string of the molecule is CN(C)CCCCn1c(-c2ccccn2)n[nH]c1=S. The zero-order valence-corrected chi connectivity index (χ0v) is 12.2. The van der Waals surface area contributed by atoms with Crippen molar-refractivity contribution in [2.45, 2.75) is 19.4 Å². The Labute approximate surface area is 118 Å². The summed E-state index contributed by atoms with van der Waals surface area (Å²) in [6.07, 6.45) is 3.98. The molecule has 0 saturated heterocycles. The Kier molecular flexibility index (Phi) is 4.81. The van der Waals surface area contributed by atoms with E-state index in [-0.39, 0.29) is 0 Å². The van der Waals surface area contributed by atoms with Gasteiger partial charge in [0.25, 0.3) is 0 Å². The highest BCUT2D eigenvalue weighted by molar-refractivity contribution is 7.71. The van der Waals surface area contributed by atoms with Crippen molar-refractivity contribution >= 4 is 12.2 Å². The first kappa shape index (κ1) is 13.9. The minimum absolute atomic E-state index is 0.658. The molecule has 102 valence electrons. The molecule has 0 unspecified atom stereocenters. The molecular formula is C13H19N5S. The molecule has 2 aromatic rings. The van der Waals surface area contributed by atoms with Crippen molar-refractivity contribution in [1.82, 2.24) is 24.6 Å². The topological polar surface area (TPSA) is 49.7 Å². The van der Waals surface area contributed by atoms with Crippen molar-refractivity contribution in [3.63, 3.8) is 0 Å². The molecule has 0 fully saturated rings. The molecule has 1 N–H and O–H groups in total. The van der Waals surface area contributed by atoms with Gasteiger partial charge in [-0.15, -0.1) is 0 Å². The maximum absolute atomic E-state index is 5.28. The van der Waals surface area contributed by atoms with Gasteiger partial charge in [0.1, 0.15) is 5.69 Å². The third-order valence-electron chi connectivity index (χ3n) is 2.89. The minimum atomic E-state index is 0.658. The fourth-order valence-electron chi connectivity index (χ4n) is 1.91. The predicted molar refractivity (Wildman–Crippen MR) is 78.4 cm³/mol. The summed E-state index contributed by atoms with van der Waals surface area (Å²) in [5, 5.41) is 7.12. The fraction of sp³-hybridized carbons (Fsp3) is 0.462. The lowest BCUT2D eigenvalue weighted by atomic mass is 10.3. The van der Waals surface area contributed by atoms with Crippen LogP contribution in [0.5, 0.6) is 0 Å². The number of aromatic amines is 1. The predicted octanol–water partition coefficient (Wildman–Crippen LogP) is 2.34. The Hall–Kier alpha value is -1.53. The van der Waals surface area contributed by atoms with E-state index >= 15 is 0 Å². The van der Waals surface area contributed by atoms with Gasteiger partial charge in [-0.3, -0.25) is 14.6 Å². The number of rotatable bonds is 6. The number of hydrogen-bond acceptors (Lipinski definition) is 4. The van der Waals surface area contributed by atoms with Gasteiger partial charge in [-0.25, -0.2) is 0 Å². The van der Waals surface area contributed by atoms with Crippen LogP contribution in [-0.2, 0) is 6.54 Å². The van der Waals surface area contributed by atoms with Crippen LogP contribution < -0.4 is 0 Å². The van der Waals surface area contributed by atoms with Crippen LogP contribution in [0.1, 0.15) is 12.8 Å².